The van der Waals surface area contributed by atoms with E-state index in [-0.39, 0.29) is 6.54 Å². The van der Waals surface area contributed by atoms with Crippen LogP contribution in [-0.2, 0) is 30.0 Å². The molecule has 0 unspecified atom stereocenters. The minimum absolute atomic E-state index is 0.231. The average molecular weight is 387 g/mol. The molecule has 3 heterocycles. The standard InChI is InChI=1S/C18H21N5O3S/c1-11-5-6-14(9-12(11)2)27(24,25)23-8-7-16-15(10-23)17(20-22(16)4)18-19-13(3)21-26-18/h5-6,9H,7-8,10H2,1-4H3. The Morgan fingerprint density at radius 3 is 2.59 bits per heavy atom. The zero-order valence-electron chi connectivity index (χ0n) is 15.7. The van der Waals surface area contributed by atoms with Gasteiger partial charge < -0.3 is 4.52 Å². The van der Waals surface area contributed by atoms with Crippen molar-refractivity contribution in [2.45, 2.75) is 38.6 Å². The smallest absolute Gasteiger partial charge is 0.278 e. The molecule has 27 heavy (non-hydrogen) atoms. The predicted octanol–water partition coefficient (Wildman–Crippen LogP) is 2.14. The van der Waals surface area contributed by atoms with E-state index in [0.29, 0.717) is 35.3 Å². The van der Waals surface area contributed by atoms with Crippen LogP contribution in [0.15, 0.2) is 27.6 Å². The molecule has 3 aromatic rings. The minimum atomic E-state index is -3.60. The summed E-state index contributed by atoms with van der Waals surface area (Å²) in [7, 11) is -1.75. The summed E-state index contributed by atoms with van der Waals surface area (Å²) in [6.07, 6.45) is 0.579. The molecule has 1 aliphatic rings. The van der Waals surface area contributed by atoms with Crippen LogP contribution < -0.4 is 0 Å². The molecule has 0 aliphatic carbocycles. The first-order chi connectivity index (χ1) is 12.8. The molecule has 0 spiro atoms. The third kappa shape index (κ3) is 2.96. The van der Waals surface area contributed by atoms with Gasteiger partial charge in [0.05, 0.1) is 4.90 Å². The van der Waals surface area contributed by atoms with E-state index in [4.69, 9.17) is 4.52 Å². The fourth-order valence-electron chi connectivity index (χ4n) is 3.36. The van der Waals surface area contributed by atoms with Gasteiger partial charge in [-0.25, -0.2) is 8.42 Å². The maximum atomic E-state index is 13.2. The lowest BCUT2D eigenvalue weighted by molar-refractivity contribution is 0.385. The van der Waals surface area contributed by atoms with Crippen molar-refractivity contribution in [3.8, 4) is 11.6 Å². The molecule has 0 bridgehead atoms. The number of aryl methyl sites for hydroxylation is 4. The van der Waals surface area contributed by atoms with E-state index in [2.05, 4.69) is 15.2 Å². The Bertz CT molecular complexity index is 1130. The van der Waals surface area contributed by atoms with Crippen LogP contribution in [0.5, 0.6) is 0 Å². The van der Waals surface area contributed by atoms with Crippen LogP contribution in [0.4, 0.5) is 0 Å². The molecule has 9 heteroatoms. The summed E-state index contributed by atoms with van der Waals surface area (Å²) in [6, 6.07) is 5.23. The molecule has 2 aromatic heterocycles. The van der Waals surface area contributed by atoms with Crippen LogP contribution in [0.1, 0.15) is 28.2 Å². The van der Waals surface area contributed by atoms with Crippen LogP contribution in [0.3, 0.4) is 0 Å². The summed E-state index contributed by atoms with van der Waals surface area (Å²) in [5.41, 5.74) is 4.38. The van der Waals surface area contributed by atoms with Crippen molar-refractivity contribution in [3.63, 3.8) is 0 Å². The lowest BCUT2D eigenvalue weighted by Gasteiger charge is -2.27. The van der Waals surface area contributed by atoms with E-state index < -0.39 is 10.0 Å². The Morgan fingerprint density at radius 2 is 1.93 bits per heavy atom. The minimum Gasteiger partial charge on any atom is -0.332 e. The molecule has 0 saturated heterocycles. The third-order valence-corrected chi connectivity index (χ3v) is 6.89. The molecule has 0 radical (unpaired) electrons. The van der Waals surface area contributed by atoms with Crippen LogP contribution in [0.25, 0.3) is 11.6 Å². The second kappa shape index (κ2) is 6.28. The van der Waals surface area contributed by atoms with Crippen LogP contribution >= 0.6 is 0 Å². The van der Waals surface area contributed by atoms with E-state index in [9.17, 15) is 8.42 Å². The largest absolute Gasteiger partial charge is 0.332 e. The van der Waals surface area contributed by atoms with Gasteiger partial charge in [0, 0.05) is 37.8 Å². The van der Waals surface area contributed by atoms with Crippen molar-refractivity contribution in [3.05, 3.63) is 46.4 Å². The Hall–Kier alpha value is -2.52. The highest BCUT2D eigenvalue weighted by molar-refractivity contribution is 7.89. The maximum absolute atomic E-state index is 13.2. The van der Waals surface area contributed by atoms with E-state index in [1.165, 1.54) is 4.31 Å². The van der Waals surface area contributed by atoms with Crippen LogP contribution in [0, 0.1) is 20.8 Å². The Balaban J connectivity index is 1.73. The molecule has 142 valence electrons. The van der Waals surface area contributed by atoms with Gasteiger partial charge in [-0.3, -0.25) is 4.68 Å². The van der Waals surface area contributed by atoms with Gasteiger partial charge in [0.15, 0.2) is 11.5 Å². The first-order valence-corrected chi connectivity index (χ1v) is 10.1. The zero-order chi connectivity index (χ0) is 19.3. The second-order valence-electron chi connectivity index (χ2n) is 6.88. The highest BCUT2D eigenvalue weighted by atomic mass is 32.2. The molecule has 1 aromatic carbocycles. The maximum Gasteiger partial charge on any atom is 0.278 e. The Morgan fingerprint density at radius 1 is 1.15 bits per heavy atom. The third-order valence-electron chi connectivity index (χ3n) is 5.05. The molecular weight excluding hydrogens is 366 g/mol. The monoisotopic (exact) mass is 387 g/mol. The van der Waals surface area contributed by atoms with E-state index >= 15 is 0 Å². The molecule has 0 amide bonds. The van der Waals surface area contributed by atoms with Gasteiger partial charge in [-0.1, -0.05) is 11.2 Å². The lowest BCUT2D eigenvalue weighted by Crippen LogP contribution is -2.36. The molecule has 4 rings (SSSR count). The summed E-state index contributed by atoms with van der Waals surface area (Å²) in [5, 5.41) is 8.31. The van der Waals surface area contributed by atoms with E-state index in [1.807, 2.05) is 27.0 Å². The Labute approximate surface area is 157 Å². The van der Waals surface area contributed by atoms with Gasteiger partial charge in [-0.15, -0.1) is 0 Å². The SMILES string of the molecule is Cc1noc(-c2nn(C)c3c2CN(S(=O)(=O)c2ccc(C)c(C)c2)CC3)n1. The number of fused-ring (bicyclic) bond motifs is 1. The number of nitrogens with zero attached hydrogens (tertiary/aromatic N) is 5. The first kappa shape index (κ1) is 17.9. The summed E-state index contributed by atoms with van der Waals surface area (Å²) < 4.78 is 34.9. The van der Waals surface area contributed by atoms with E-state index in [0.717, 1.165) is 22.4 Å². The zero-order valence-corrected chi connectivity index (χ0v) is 16.5. The fourth-order valence-corrected chi connectivity index (χ4v) is 4.86. The van der Waals surface area contributed by atoms with Crippen molar-refractivity contribution in [1.82, 2.24) is 24.2 Å². The molecule has 0 saturated carbocycles. The number of aromatic nitrogens is 4. The quantitative estimate of drug-likeness (QED) is 0.683. The summed E-state index contributed by atoms with van der Waals surface area (Å²) >= 11 is 0. The number of sulfonamides is 1. The summed E-state index contributed by atoms with van der Waals surface area (Å²) in [6.45, 7) is 6.26. The average Bonchev–Trinajstić information content (AvgIpc) is 3.20. The highest BCUT2D eigenvalue weighted by Crippen LogP contribution is 2.31. The van der Waals surface area contributed by atoms with Crippen molar-refractivity contribution in [1.29, 1.82) is 0 Å². The number of benzene rings is 1. The number of rotatable bonds is 3. The molecule has 0 N–H and O–H groups in total. The van der Waals surface area contributed by atoms with Crippen LogP contribution in [-0.4, -0.2) is 39.2 Å². The molecule has 1 aliphatic heterocycles. The fraction of sp³-hybridized carbons (Fsp3) is 0.389. The van der Waals surface area contributed by atoms with Crippen molar-refractivity contribution >= 4 is 10.0 Å². The van der Waals surface area contributed by atoms with Crippen molar-refractivity contribution in [2.24, 2.45) is 7.05 Å². The number of hydrogen-bond donors (Lipinski definition) is 0. The molecule has 8 nitrogen and oxygen atoms in total. The predicted molar refractivity (Wildman–Crippen MR) is 98.5 cm³/mol. The van der Waals surface area contributed by atoms with Crippen molar-refractivity contribution in [2.75, 3.05) is 6.54 Å². The highest BCUT2D eigenvalue weighted by Gasteiger charge is 2.33. The lowest BCUT2D eigenvalue weighted by atomic mass is 10.1. The first-order valence-electron chi connectivity index (χ1n) is 8.70. The van der Waals surface area contributed by atoms with Gasteiger partial charge in [-0.2, -0.15) is 14.4 Å². The summed E-state index contributed by atoms with van der Waals surface area (Å²) in [4.78, 5) is 4.56. The summed E-state index contributed by atoms with van der Waals surface area (Å²) in [5.74, 6) is 0.828. The van der Waals surface area contributed by atoms with Gasteiger partial charge in [0.1, 0.15) is 0 Å². The van der Waals surface area contributed by atoms with Crippen molar-refractivity contribution < 1.29 is 12.9 Å². The Kier molecular flexibility index (Phi) is 4.15. The van der Waals surface area contributed by atoms with Gasteiger partial charge in [-0.05, 0) is 44.0 Å². The molecular formula is C18H21N5O3S. The van der Waals surface area contributed by atoms with Crippen LogP contribution in [0.2, 0.25) is 0 Å². The van der Waals surface area contributed by atoms with E-state index in [1.54, 1.807) is 23.7 Å². The second-order valence-corrected chi connectivity index (χ2v) is 8.82. The normalized spacial score (nSPS) is 15.1. The van der Waals surface area contributed by atoms with Gasteiger partial charge >= 0.3 is 0 Å². The molecule has 0 atom stereocenters. The topological polar surface area (TPSA) is 94.1 Å². The van der Waals surface area contributed by atoms with Gasteiger partial charge in [0.25, 0.3) is 5.89 Å². The molecule has 0 fully saturated rings. The number of hydrogen-bond acceptors (Lipinski definition) is 6. The van der Waals surface area contributed by atoms with Gasteiger partial charge in [0.2, 0.25) is 10.0 Å².